The Morgan fingerprint density at radius 3 is 1.56 bits per heavy atom. The van der Waals surface area contributed by atoms with Crippen molar-refractivity contribution in [3.8, 4) is 0 Å². The zero-order valence-corrected chi connectivity index (χ0v) is 11.8. The van der Waals surface area contributed by atoms with Crippen LogP contribution in [0, 0.1) is 5.92 Å². The molecule has 0 radical (unpaired) electrons. The fourth-order valence-corrected chi connectivity index (χ4v) is 3.94. The second-order valence-corrected chi connectivity index (χ2v) is 9.41. The topological polar surface area (TPSA) is 60.7 Å². The molecule has 0 aromatic carbocycles. The van der Waals surface area contributed by atoms with Crippen LogP contribution in [0.15, 0.2) is 0 Å². The third kappa shape index (κ3) is 5.43. The van der Waals surface area contributed by atoms with E-state index >= 15 is 0 Å². The average Bonchev–Trinajstić information content (AvgIpc) is 2.32. The Morgan fingerprint density at radius 2 is 1.25 bits per heavy atom. The van der Waals surface area contributed by atoms with E-state index < -0.39 is 8.07 Å². The summed E-state index contributed by atoms with van der Waals surface area (Å²) in [4.78, 5) is 0. The Hall–Kier alpha value is 0.0969. The van der Waals surface area contributed by atoms with Crippen molar-refractivity contribution in [3.05, 3.63) is 0 Å². The molecule has 0 amide bonds. The van der Waals surface area contributed by atoms with E-state index in [0.29, 0.717) is 5.92 Å². The first-order valence-corrected chi connectivity index (χ1v) is 9.33. The minimum absolute atomic E-state index is 0.00493. The second-order valence-electron chi connectivity index (χ2n) is 4.96. The summed E-state index contributed by atoms with van der Waals surface area (Å²) in [5, 5.41) is 27.9. The lowest BCUT2D eigenvalue weighted by Crippen LogP contribution is -2.48. The smallest absolute Gasteiger partial charge is 0.139 e. The Balaban J connectivity index is 4.13. The molecule has 0 rings (SSSR count). The molecule has 0 saturated heterocycles. The summed E-state index contributed by atoms with van der Waals surface area (Å²) in [6.45, 7) is 4.38. The summed E-state index contributed by atoms with van der Waals surface area (Å²) in [6, 6.07) is 0.848. The van der Waals surface area contributed by atoms with Gasteiger partial charge in [-0.1, -0.05) is 52.0 Å². The van der Waals surface area contributed by atoms with Crippen LogP contribution in [0.1, 0.15) is 46.0 Å². The third-order valence-corrected chi connectivity index (χ3v) is 6.84. The summed E-state index contributed by atoms with van der Waals surface area (Å²) < 4.78 is 0. The first-order valence-electron chi connectivity index (χ1n) is 6.50. The molecule has 0 saturated carbocycles. The second kappa shape index (κ2) is 9.16. The molecule has 0 unspecified atom stereocenters. The zero-order valence-electron chi connectivity index (χ0n) is 10.8. The molecule has 3 N–H and O–H groups in total. The van der Waals surface area contributed by atoms with Crippen LogP contribution in [0.25, 0.3) is 0 Å². The fourth-order valence-electron chi connectivity index (χ4n) is 2.15. The number of aliphatic hydroxyl groups is 3. The van der Waals surface area contributed by atoms with Crippen LogP contribution in [-0.4, -0.2) is 42.1 Å². The van der Waals surface area contributed by atoms with Crippen LogP contribution in [0.3, 0.4) is 0 Å². The Labute approximate surface area is 101 Å². The molecule has 3 nitrogen and oxygen atoms in total. The SMILES string of the molecule is CCCC(CCC)CC[Si](CO)(CO)CO. The summed E-state index contributed by atoms with van der Waals surface area (Å²) >= 11 is 0. The first-order chi connectivity index (χ1) is 7.67. The van der Waals surface area contributed by atoms with Crippen molar-refractivity contribution in [2.24, 2.45) is 5.92 Å². The summed E-state index contributed by atoms with van der Waals surface area (Å²) in [7, 11) is -2.17. The van der Waals surface area contributed by atoms with E-state index in [-0.39, 0.29) is 18.7 Å². The van der Waals surface area contributed by atoms with Crippen molar-refractivity contribution in [1.29, 1.82) is 0 Å². The van der Waals surface area contributed by atoms with E-state index in [1.165, 1.54) is 25.7 Å². The highest BCUT2D eigenvalue weighted by atomic mass is 28.3. The van der Waals surface area contributed by atoms with Gasteiger partial charge in [0.25, 0.3) is 0 Å². The van der Waals surface area contributed by atoms with Crippen molar-refractivity contribution in [1.82, 2.24) is 0 Å². The molecule has 0 aromatic heterocycles. The monoisotopic (exact) mass is 248 g/mol. The Kier molecular flexibility index (Phi) is 9.22. The van der Waals surface area contributed by atoms with Crippen LogP contribution >= 0.6 is 0 Å². The van der Waals surface area contributed by atoms with E-state index in [2.05, 4.69) is 13.8 Å². The van der Waals surface area contributed by atoms with Gasteiger partial charge in [0, 0.05) is 18.7 Å². The third-order valence-electron chi connectivity index (χ3n) is 3.48. The highest BCUT2D eigenvalue weighted by Gasteiger charge is 2.31. The van der Waals surface area contributed by atoms with Crippen LogP contribution in [-0.2, 0) is 0 Å². The van der Waals surface area contributed by atoms with Crippen molar-refractivity contribution in [2.45, 2.75) is 52.0 Å². The molecular formula is C12H28O3Si. The van der Waals surface area contributed by atoms with Crippen molar-refractivity contribution >= 4 is 8.07 Å². The van der Waals surface area contributed by atoms with Gasteiger partial charge >= 0.3 is 0 Å². The maximum absolute atomic E-state index is 9.29. The maximum atomic E-state index is 9.29. The Bertz CT molecular complexity index is 146. The van der Waals surface area contributed by atoms with Crippen molar-refractivity contribution < 1.29 is 15.3 Å². The van der Waals surface area contributed by atoms with Crippen molar-refractivity contribution in [2.75, 3.05) is 18.7 Å². The van der Waals surface area contributed by atoms with E-state index in [4.69, 9.17) is 0 Å². The lowest BCUT2D eigenvalue weighted by molar-refractivity contribution is 0.284. The highest BCUT2D eigenvalue weighted by molar-refractivity contribution is 6.79. The molecule has 0 bridgehead atoms. The highest BCUT2D eigenvalue weighted by Crippen LogP contribution is 2.23. The zero-order chi connectivity index (χ0) is 12.4. The molecule has 0 aliphatic carbocycles. The van der Waals surface area contributed by atoms with Gasteiger partial charge in [0.2, 0.25) is 0 Å². The lowest BCUT2D eigenvalue weighted by Gasteiger charge is -2.27. The van der Waals surface area contributed by atoms with Gasteiger partial charge in [-0.2, -0.15) is 0 Å². The van der Waals surface area contributed by atoms with E-state index in [9.17, 15) is 15.3 Å². The molecule has 0 aliphatic rings. The number of hydrogen-bond donors (Lipinski definition) is 3. The number of aliphatic hydroxyl groups excluding tert-OH is 3. The average molecular weight is 248 g/mol. The van der Waals surface area contributed by atoms with Crippen LogP contribution in [0.4, 0.5) is 0 Å². The van der Waals surface area contributed by atoms with E-state index in [1.807, 2.05) is 0 Å². The normalized spacial score (nSPS) is 12.4. The van der Waals surface area contributed by atoms with Crippen LogP contribution in [0.2, 0.25) is 6.04 Å². The molecule has 98 valence electrons. The summed E-state index contributed by atoms with van der Waals surface area (Å²) in [6.07, 6.45) is 5.89. The maximum Gasteiger partial charge on any atom is 0.139 e. The molecule has 0 fully saturated rings. The molecular weight excluding hydrogens is 220 g/mol. The predicted molar refractivity (Wildman–Crippen MR) is 69.7 cm³/mol. The largest absolute Gasteiger partial charge is 0.399 e. The van der Waals surface area contributed by atoms with Gasteiger partial charge in [0.05, 0.1) is 0 Å². The van der Waals surface area contributed by atoms with Crippen molar-refractivity contribution in [3.63, 3.8) is 0 Å². The fraction of sp³-hybridized carbons (Fsp3) is 1.00. The van der Waals surface area contributed by atoms with Gasteiger partial charge in [0.15, 0.2) is 0 Å². The molecule has 16 heavy (non-hydrogen) atoms. The Morgan fingerprint density at radius 1 is 0.812 bits per heavy atom. The molecule has 0 spiro atoms. The molecule has 0 aromatic rings. The number of hydrogen-bond acceptors (Lipinski definition) is 3. The minimum atomic E-state index is -2.17. The predicted octanol–water partition coefficient (Wildman–Crippen LogP) is 1.64. The summed E-state index contributed by atoms with van der Waals surface area (Å²) in [5.74, 6) is 0.700. The molecule has 0 atom stereocenters. The standard InChI is InChI=1S/C12H28O3Si/c1-3-5-12(6-4-2)7-8-16(9-13,10-14)11-15/h12-15H,3-11H2,1-2H3. The van der Waals surface area contributed by atoms with E-state index in [0.717, 1.165) is 12.5 Å². The van der Waals surface area contributed by atoms with E-state index in [1.54, 1.807) is 0 Å². The first kappa shape index (κ1) is 16.1. The van der Waals surface area contributed by atoms with Gasteiger partial charge < -0.3 is 15.3 Å². The lowest BCUT2D eigenvalue weighted by atomic mass is 9.96. The van der Waals surface area contributed by atoms with Crippen LogP contribution < -0.4 is 0 Å². The summed E-state index contributed by atoms with van der Waals surface area (Å²) in [5.41, 5.74) is 0. The molecule has 0 aliphatic heterocycles. The van der Waals surface area contributed by atoms with Gasteiger partial charge in [-0.3, -0.25) is 0 Å². The van der Waals surface area contributed by atoms with Gasteiger partial charge in [-0.15, -0.1) is 0 Å². The number of rotatable bonds is 10. The van der Waals surface area contributed by atoms with Gasteiger partial charge in [-0.05, 0) is 5.92 Å². The quantitative estimate of drug-likeness (QED) is 0.515. The van der Waals surface area contributed by atoms with Gasteiger partial charge in [-0.25, -0.2) is 0 Å². The molecule has 0 heterocycles. The molecule has 4 heteroatoms. The van der Waals surface area contributed by atoms with Crippen LogP contribution in [0.5, 0.6) is 0 Å². The minimum Gasteiger partial charge on any atom is -0.399 e. The van der Waals surface area contributed by atoms with Gasteiger partial charge in [0.1, 0.15) is 8.07 Å².